The highest BCUT2D eigenvalue weighted by molar-refractivity contribution is 5.31. The molecule has 0 radical (unpaired) electrons. The van der Waals surface area contributed by atoms with Gasteiger partial charge in [-0.15, -0.1) is 0 Å². The van der Waals surface area contributed by atoms with Crippen molar-refractivity contribution in [2.45, 2.75) is 32.1 Å². The second-order valence-corrected chi connectivity index (χ2v) is 2.75. The Morgan fingerprint density at radius 1 is 1.55 bits per heavy atom. The van der Waals surface area contributed by atoms with Crippen LogP contribution >= 0.6 is 0 Å². The number of halogens is 2. The van der Waals surface area contributed by atoms with Crippen molar-refractivity contribution in [2.24, 2.45) is 0 Å². The Labute approximate surface area is 65.6 Å². The van der Waals surface area contributed by atoms with Gasteiger partial charge in [-0.1, -0.05) is 31.6 Å². The molecule has 0 aromatic carbocycles. The minimum Gasteiger partial charge on any atom is -0.201 e. The number of alkyl halides is 2. The van der Waals surface area contributed by atoms with Gasteiger partial charge in [-0.25, -0.2) is 8.78 Å². The van der Waals surface area contributed by atoms with Gasteiger partial charge in [0.05, 0.1) is 0 Å². The summed E-state index contributed by atoms with van der Waals surface area (Å²) in [6.45, 7) is 1.77. The van der Waals surface area contributed by atoms with E-state index in [-0.39, 0.29) is 12.0 Å². The largest absolute Gasteiger partial charge is 0.272 e. The molecule has 0 aromatic heterocycles. The lowest BCUT2D eigenvalue weighted by molar-refractivity contribution is 0.0355. The summed E-state index contributed by atoms with van der Waals surface area (Å²) in [5.41, 5.74) is 0.194. The normalized spacial score (nSPS) is 17.2. The van der Waals surface area contributed by atoms with E-state index in [1.807, 2.05) is 0 Å². The van der Waals surface area contributed by atoms with E-state index < -0.39 is 5.92 Å². The second kappa shape index (κ2) is 3.16. The molecule has 1 aliphatic rings. The lowest BCUT2D eigenvalue weighted by Gasteiger charge is -2.14. The van der Waals surface area contributed by atoms with Gasteiger partial charge in [0.25, 0.3) is 5.92 Å². The fourth-order valence-corrected chi connectivity index (χ4v) is 1.19. The molecule has 0 unspecified atom stereocenters. The Kier molecular flexibility index (Phi) is 2.42. The van der Waals surface area contributed by atoms with Crippen LogP contribution in [0.2, 0.25) is 0 Å². The van der Waals surface area contributed by atoms with Crippen LogP contribution in [0.25, 0.3) is 0 Å². The SMILES string of the molecule is CCCC(F)(F)C1=CCC=C1. The van der Waals surface area contributed by atoms with Gasteiger partial charge in [-0.2, -0.15) is 0 Å². The molecule has 0 aromatic rings. The molecule has 11 heavy (non-hydrogen) atoms. The molecule has 2 heteroatoms. The van der Waals surface area contributed by atoms with E-state index in [1.165, 1.54) is 6.08 Å². The molecule has 0 fully saturated rings. The third kappa shape index (κ3) is 1.88. The van der Waals surface area contributed by atoms with Gasteiger partial charge < -0.3 is 0 Å². The van der Waals surface area contributed by atoms with Crippen LogP contribution in [0.3, 0.4) is 0 Å². The topological polar surface area (TPSA) is 0 Å². The standard InChI is InChI=1S/C9H12F2/c1-2-7-9(10,11)8-5-3-4-6-8/h3,5-6H,2,4,7H2,1H3. The third-order valence-electron chi connectivity index (χ3n) is 1.76. The number of hydrogen-bond acceptors (Lipinski definition) is 0. The highest BCUT2D eigenvalue weighted by Gasteiger charge is 2.31. The zero-order chi connectivity index (χ0) is 8.32. The van der Waals surface area contributed by atoms with Gasteiger partial charge >= 0.3 is 0 Å². The molecule has 0 aliphatic heterocycles. The fraction of sp³-hybridized carbons (Fsp3) is 0.556. The zero-order valence-corrected chi connectivity index (χ0v) is 6.61. The van der Waals surface area contributed by atoms with Crippen LogP contribution in [0.4, 0.5) is 8.78 Å². The van der Waals surface area contributed by atoms with Gasteiger partial charge in [-0.3, -0.25) is 0 Å². The highest BCUT2D eigenvalue weighted by atomic mass is 19.3. The number of allylic oxidation sites excluding steroid dienone is 4. The van der Waals surface area contributed by atoms with Crippen molar-refractivity contribution in [1.82, 2.24) is 0 Å². The van der Waals surface area contributed by atoms with Crippen molar-refractivity contribution in [2.75, 3.05) is 0 Å². The van der Waals surface area contributed by atoms with Crippen LogP contribution in [-0.2, 0) is 0 Å². The molecule has 0 nitrogen and oxygen atoms in total. The average Bonchev–Trinajstić information content (AvgIpc) is 2.37. The maximum absolute atomic E-state index is 13.0. The third-order valence-corrected chi connectivity index (χ3v) is 1.76. The Bertz CT molecular complexity index is 190. The Hall–Kier alpha value is -0.660. The molecule has 0 spiro atoms. The molecular formula is C9H12F2. The van der Waals surface area contributed by atoms with Crippen LogP contribution in [0, 0.1) is 0 Å². The van der Waals surface area contributed by atoms with Gasteiger partial charge in [0.15, 0.2) is 0 Å². The smallest absolute Gasteiger partial charge is 0.201 e. The number of hydrogen-bond donors (Lipinski definition) is 0. The molecule has 0 amide bonds. The van der Waals surface area contributed by atoms with E-state index in [4.69, 9.17) is 0 Å². The summed E-state index contributed by atoms with van der Waals surface area (Å²) in [6, 6.07) is 0. The fourth-order valence-electron chi connectivity index (χ4n) is 1.19. The first-order valence-corrected chi connectivity index (χ1v) is 3.92. The summed E-state index contributed by atoms with van der Waals surface area (Å²) < 4.78 is 26.0. The first-order valence-electron chi connectivity index (χ1n) is 3.92. The second-order valence-electron chi connectivity index (χ2n) is 2.75. The predicted octanol–water partition coefficient (Wildman–Crippen LogP) is 3.31. The van der Waals surface area contributed by atoms with Crippen molar-refractivity contribution in [3.8, 4) is 0 Å². The van der Waals surface area contributed by atoms with E-state index in [9.17, 15) is 8.78 Å². The summed E-state index contributed by atoms with van der Waals surface area (Å²) in [6.07, 6.45) is 6.03. The molecule has 0 saturated carbocycles. The molecule has 0 atom stereocenters. The number of rotatable bonds is 3. The molecule has 1 rings (SSSR count). The highest BCUT2D eigenvalue weighted by Crippen LogP contribution is 2.32. The predicted molar refractivity (Wildman–Crippen MR) is 41.7 cm³/mol. The van der Waals surface area contributed by atoms with E-state index in [0.717, 1.165) is 0 Å². The van der Waals surface area contributed by atoms with Crippen molar-refractivity contribution < 1.29 is 8.78 Å². The van der Waals surface area contributed by atoms with Crippen LogP contribution in [0.15, 0.2) is 23.8 Å². The van der Waals surface area contributed by atoms with Crippen molar-refractivity contribution in [1.29, 1.82) is 0 Å². The van der Waals surface area contributed by atoms with Crippen LogP contribution in [-0.4, -0.2) is 5.92 Å². The molecule has 0 bridgehead atoms. The van der Waals surface area contributed by atoms with E-state index in [2.05, 4.69) is 0 Å². The molecule has 62 valence electrons. The van der Waals surface area contributed by atoms with Crippen molar-refractivity contribution in [3.05, 3.63) is 23.8 Å². The lowest BCUT2D eigenvalue weighted by Crippen LogP contribution is -2.16. The first-order chi connectivity index (χ1) is 5.17. The van der Waals surface area contributed by atoms with Gasteiger partial charge in [0, 0.05) is 12.0 Å². The summed E-state index contributed by atoms with van der Waals surface area (Å²) in [5.74, 6) is -2.60. The Morgan fingerprint density at radius 2 is 2.27 bits per heavy atom. The minimum absolute atomic E-state index is 0.0385. The monoisotopic (exact) mass is 158 g/mol. The van der Waals surface area contributed by atoms with Crippen LogP contribution in [0.1, 0.15) is 26.2 Å². The Balaban J connectivity index is 2.63. The van der Waals surface area contributed by atoms with Gasteiger partial charge in [0.1, 0.15) is 0 Å². The van der Waals surface area contributed by atoms with Crippen molar-refractivity contribution >= 4 is 0 Å². The minimum atomic E-state index is -2.60. The summed E-state index contributed by atoms with van der Waals surface area (Å²) >= 11 is 0. The van der Waals surface area contributed by atoms with Gasteiger partial charge in [-0.05, 0) is 6.42 Å². The zero-order valence-electron chi connectivity index (χ0n) is 6.61. The Morgan fingerprint density at radius 3 is 2.73 bits per heavy atom. The van der Waals surface area contributed by atoms with Crippen LogP contribution in [0.5, 0.6) is 0 Å². The van der Waals surface area contributed by atoms with E-state index >= 15 is 0 Å². The average molecular weight is 158 g/mol. The summed E-state index contributed by atoms with van der Waals surface area (Å²) in [7, 11) is 0. The van der Waals surface area contributed by atoms with E-state index in [0.29, 0.717) is 12.8 Å². The van der Waals surface area contributed by atoms with Gasteiger partial charge in [0.2, 0.25) is 0 Å². The summed E-state index contributed by atoms with van der Waals surface area (Å²) in [4.78, 5) is 0. The lowest BCUT2D eigenvalue weighted by atomic mass is 10.1. The molecule has 1 aliphatic carbocycles. The maximum Gasteiger partial charge on any atom is 0.272 e. The van der Waals surface area contributed by atoms with Crippen LogP contribution < -0.4 is 0 Å². The molecule has 0 N–H and O–H groups in total. The quantitative estimate of drug-likeness (QED) is 0.591. The first kappa shape index (κ1) is 8.44. The van der Waals surface area contributed by atoms with Crippen molar-refractivity contribution in [3.63, 3.8) is 0 Å². The maximum atomic E-state index is 13.0. The molecule has 0 saturated heterocycles. The van der Waals surface area contributed by atoms with E-state index in [1.54, 1.807) is 19.1 Å². The molecule has 0 heterocycles. The molecular weight excluding hydrogens is 146 g/mol. The summed E-state index contributed by atoms with van der Waals surface area (Å²) in [5, 5.41) is 0.